The van der Waals surface area contributed by atoms with Crippen molar-refractivity contribution in [1.29, 1.82) is 0 Å². The molecule has 0 amide bonds. The van der Waals surface area contributed by atoms with E-state index >= 15 is 0 Å². The van der Waals surface area contributed by atoms with E-state index in [9.17, 15) is 0 Å². The zero-order chi connectivity index (χ0) is 10.9. The van der Waals surface area contributed by atoms with Crippen molar-refractivity contribution in [1.82, 2.24) is 10.3 Å². The van der Waals surface area contributed by atoms with Gasteiger partial charge in [0.05, 0.1) is 12.8 Å². The van der Waals surface area contributed by atoms with Crippen molar-refractivity contribution < 1.29 is 4.74 Å². The fourth-order valence-corrected chi connectivity index (χ4v) is 1.38. The molecular weight excluding hydrogens is 188 g/mol. The molecule has 0 fully saturated rings. The molecular formula is C12H20N2O. The predicted octanol–water partition coefficient (Wildman–Crippen LogP) is 2.16. The van der Waals surface area contributed by atoms with Crippen LogP contribution in [-0.2, 0) is 0 Å². The monoisotopic (exact) mass is 208 g/mol. The lowest BCUT2D eigenvalue weighted by Gasteiger charge is -2.05. The van der Waals surface area contributed by atoms with Crippen molar-refractivity contribution in [3.05, 3.63) is 24.0 Å². The van der Waals surface area contributed by atoms with Gasteiger partial charge in [-0.05, 0) is 51.4 Å². The number of pyridine rings is 1. The first-order chi connectivity index (χ1) is 7.33. The summed E-state index contributed by atoms with van der Waals surface area (Å²) in [4.78, 5) is 4.08. The van der Waals surface area contributed by atoms with E-state index < -0.39 is 0 Å². The van der Waals surface area contributed by atoms with Crippen molar-refractivity contribution in [2.45, 2.75) is 26.2 Å². The number of unbranched alkanes of at least 4 members (excludes halogenated alkanes) is 2. The lowest BCUT2D eigenvalue weighted by molar-refractivity contribution is 0.304. The molecule has 15 heavy (non-hydrogen) atoms. The van der Waals surface area contributed by atoms with E-state index in [1.54, 1.807) is 6.20 Å². The summed E-state index contributed by atoms with van der Waals surface area (Å²) in [6.45, 7) is 3.90. The maximum atomic E-state index is 5.58. The number of rotatable bonds is 7. The minimum absolute atomic E-state index is 0.787. The van der Waals surface area contributed by atoms with Gasteiger partial charge in [-0.15, -0.1) is 0 Å². The molecule has 1 aromatic rings. The van der Waals surface area contributed by atoms with Crippen LogP contribution in [0.4, 0.5) is 0 Å². The topological polar surface area (TPSA) is 34.1 Å². The highest BCUT2D eigenvalue weighted by atomic mass is 16.5. The number of ether oxygens (including phenoxy) is 1. The first kappa shape index (κ1) is 12.0. The molecule has 3 nitrogen and oxygen atoms in total. The van der Waals surface area contributed by atoms with Crippen LogP contribution in [0, 0.1) is 6.92 Å². The number of nitrogens with one attached hydrogen (secondary N) is 1. The van der Waals surface area contributed by atoms with Crippen LogP contribution in [-0.4, -0.2) is 25.2 Å². The molecule has 3 heteroatoms. The standard InChI is InChI=1S/C12H20N2O/c1-11-8-12(10-14-9-11)15-7-5-3-4-6-13-2/h8-10,13H,3-7H2,1-2H3. The highest BCUT2D eigenvalue weighted by molar-refractivity contribution is 5.22. The van der Waals surface area contributed by atoms with Crippen molar-refractivity contribution >= 4 is 0 Å². The van der Waals surface area contributed by atoms with Gasteiger partial charge in [0.25, 0.3) is 0 Å². The maximum Gasteiger partial charge on any atom is 0.137 e. The third-order valence-electron chi connectivity index (χ3n) is 2.19. The lowest BCUT2D eigenvalue weighted by Crippen LogP contribution is -2.07. The molecule has 0 saturated carbocycles. The van der Waals surface area contributed by atoms with E-state index in [0.29, 0.717) is 0 Å². The summed E-state index contributed by atoms with van der Waals surface area (Å²) in [5, 5.41) is 3.13. The summed E-state index contributed by atoms with van der Waals surface area (Å²) >= 11 is 0. The van der Waals surface area contributed by atoms with E-state index in [1.807, 2.05) is 26.2 Å². The summed E-state index contributed by atoms with van der Waals surface area (Å²) < 4.78 is 5.58. The molecule has 84 valence electrons. The second-order valence-electron chi connectivity index (χ2n) is 3.71. The Morgan fingerprint density at radius 1 is 1.27 bits per heavy atom. The van der Waals surface area contributed by atoms with Gasteiger partial charge < -0.3 is 10.1 Å². The molecule has 0 saturated heterocycles. The third kappa shape index (κ3) is 5.37. The van der Waals surface area contributed by atoms with E-state index in [0.717, 1.165) is 30.9 Å². The van der Waals surface area contributed by atoms with E-state index in [-0.39, 0.29) is 0 Å². The Morgan fingerprint density at radius 2 is 2.13 bits per heavy atom. The molecule has 0 radical (unpaired) electrons. The number of aryl methyl sites for hydroxylation is 1. The second kappa shape index (κ2) is 7.23. The van der Waals surface area contributed by atoms with Gasteiger partial charge in [-0.1, -0.05) is 0 Å². The molecule has 1 rings (SSSR count). The lowest BCUT2D eigenvalue weighted by atomic mass is 10.2. The van der Waals surface area contributed by atoms with E-state index in [2.05, 4.69) is 10.3 Å². The molecule has 0 aliphatic heterocycles. The minimum atomic E-state index is 0.787. The van der Waals surface area contributed by atoms with Crippen LogP contribution >= 0.6 is 0 Å². The summed E-state index contributed by atoms with van der Waals surface area (Å²) in [5.74, 6) is 0.878. The molecule has 0 spiro atoms. The summed E-state index contributed by atoms with van der Waals surface area (Å²) in [6.07, 6.45) is 7.13. The van der Waals surface area contributed by atoms with Gasteiger partial charge in [-0.2, -0.15) is 0 Å². The summed E-state index contributed by atoms with van der Waals surface area (Å²) in [5.41, 5.74) is 1.14. The van der Waals surface area contributed by atoms with Crippen LogP contribution in [0.3, 0.4) is 0 Å². The molecule has 0 aliphatic rings. The SMILES string of the molecule is CNCCCCCOc1cncc(C)c1. The molecule has 0 unspecified atom stereocenters. The quantitative estimate of drug-likeness (QED) is 0.697. The van der Waals surface area contributed by atoms with Crippen LogP contribution < -0.4 is 10.1 Å². The number of nitrogens with zero attached hydrogens (tertiary/aromatic N) is 1. The Bertz CT molecular complexity index is 276. The van der Waals surface area contributed by atoms with Crippen LogP contribution in [0.2, 0.25) is 0 Å². The predicted molar refractivity (Wildman–Crippen MR) is 62.2 cm³/mol. The molecule has 1 N–H and O–H groups in total. The Morgan fingerprint density at radius 3 is 2.87 bits per heavy atom. The molecule has 0 atom stereocenters. The van der Waals surface area contributed by atoms with Crippen molar-refractivity contribution in [3.8, 4) is 5.75 Å². The Hall–Kier alpha value is -1.09. The fraction of sp³-hybridized carbons (Fsp3) is 0.583. The molecule has 1 heterocycles. The zero-order valence-electron chi connectivity index (χ0n) is 9.62. The van der Waals surface area contributed by atoms with E-state index in [4.69, 9.17) is 4.74 Å². The van der Waals surface area contributed by atoms with Gasteiger partial charge in [-0.25, -0.2) is 0 Å². The summed E-state index contributed by atoms with van der Waals surface area (Å²) in [6, 6.07) is 2.01. The highest BCUT2D eigenvalue weighted by Gasteiger charge is 1.94. The number of aromatic nitrogens is 1. The number of hydrogen-bond acceptors (Lipinski definition) is 3. The molecule has 0 aliphatic carbocycles. The van der Waals surface area contributed by atoms with Crippen LogP contribution in [0.1, 0.15) is 24.8 Å². The normalized spacial score (nSPS) is 10.3. The Balaban J connectivity index is 2.10. The van der Waals surface area contributed by atoms with Gasteiger partial charge >= 0.3 is 0 Å². The second-order valence-corrected chi connectivity index (χ2v) is 3.71. The molecule has 1 aromatic heterocycles. The average molecular weight is 208 g/mol. The average Bonchev–Trinajstić information content (AvgIpc) is 2.23. The maximum absolute atomic E-state index is 5.58. The van der Waals surface area contributed by atoms with Gasteiger partial charge in [0.15, 0.2) is 0 Å². The first-order valence-electron chi connectivity index (χ1n) is 5.52. The Labute approximate surface area is 91.9 Å². The molecule has 0 aromatic carbocycles. The van der Waals surface area contributed by atoms with Gasteiger partial charge in [0.1, 0.15) is 5.75 Å². The third-order valence-corrected chi connectivity index (χ3v) is 2.19. The van der Waals surface area contributed by atoms with E-state index in [1.165, 1.54) is 12.8 Å². The zero-order valence-corrected chi connectivity index (χ0v) is 9.62. The minimum Gasteiger partial charge on any atom is -0.492 e. The van der Waals surface area contributed by atoms with Gasteiger partial charge in [0, 0.05) is 6.20 Å². The largest absolute Gasteiger partial charge is 0.492 e. The van der Waals surface area contributed by atoms with Crippen LogP contribution in [0.5, 0.6) is 5.75 Å². The van der Waals surface area contributed by atoms with Crippen molar-refractivity contribution in [2.24, 2.45) is 0 Å². The van der Waals surface area contributed by atoms with Crippen molar-refractivity contribution in [2.75, 3.05) is 20.2 Å². The number of hydrogen-bond donors (Lipinski definition) is 1. The highest BCUT2D eigenvalue weighted by Crippen LogP contribution is 2.10. The first-order valence-corrected chi connectivity index (χ1v) is 5.52. The van der Waals surface area contributed by atoms with Crippen LogP contribution in [0.15, 0.2) is 18.5 Å². The summed E-state index contributed by atoms with van der Waals surface area (Å²) in [7, 11) is 1.98. The fourth-order valence-electron chi connectivity index (χ4n) is 1.38. The Kier molecular flexibility index (Phi) is 5.78. The van der Waals surface area contributed by atoms with Gasteiger partial charge in [0.2, 0.25) is 0 Å². The smallest absolute Gasteiger partial charge is 0.137 e. The molecule has 0 bridgehead atoms. The van der Waals surface area contributed by atoms with Crippen molar-refractivity contribution in [3.63, 3.8) is 0 Å². The van der Waals surface area contributed by atoms with Crippen LogP contribution in [0.25, 0.3) is 0 Å². The van der Waals surface area contributed by atoms with Gasteiger partial charge in [-0.3, -0.25) is 4.98 Å².